The number of carbonyl (C=O) groups excluding carboxylic acids is 1. The molecule has 0 radical (unpaired) electrons. The molecule has 0 atom stereocenters. The molecule has 2 N–H and O–H groups in total. The standard InChI is InChI=1S/C12H17ClN2O4S/c1-9(16)15-12-5-4-10(8-11(12)13)20(17,18)14-6-3-7-19-2/h4-5,8,14H,3,6-7H2,1-2H3,(H,15,16). The average molecular weight is 321 g/mol. The van der Waals surface area contributed by atoms with Crippen LogP contribution >= 0.6 is 11.6 Å². The first-order valence-electron chi connectivity index (χ1n) is 5.92. The Morgan fingerprint density at radius 1 is 1.40 bits per heavy atom. The molecule has 0 spiro atoms. The predicted molar refractivity (Wildman–Crippen MR) is 77.4 cm³/mol. The molecule has 112 valence electrons. The van der Waals surface area contributed by atoms with E-state index in [2.05, 4.69) is 10.0 Å². The smallest absolute Gasteiger partial charge is 0.240 e. The highest BCUT2D eigenvalue weighted by Crippen LogP contribution is 2.25. The van der Waals surface area contributed by atoms with Gasteiger partial charge in [0.05, 0.1) is 15.6 Å². The van der Waals surface area contributed by atoms with E-state index in [0.29, 0.717) is 18.7 Å². The molecule has 1 amide bonds. The predicted octanol–water partition coefficient (Wildman–Crippen LogP) is 1.61. The van der Waals surface area contributed by atoms with Crippen LogP contribution in [0.15, 0.2) is 23.1 Å². The summed E-state index contributed by atoms with van der Waals surface area (Å²) in [6.07, 6.45) is 0.577. The summed E-state index contributed by atoms with van der Waals surface area (Å²) in [5, 5.41) is 2.68. The summed E-state index contributed by atoms with van der Waals surface area (Å²) in [5.41, 5.74) is 0.373. The molecule has 0 aliphatic heterocycles. The van der Waals surface area contributed by atoms with Crippen molar-refractivity contribution >= 4 is 33.2 Å². The number of rotatable bonds is 7. The number of carbonyl (C=O) groups is 1. The van der Waals surface area contributed by atoms with Crippen LogP contribution in [0.3, 0.4) is 0 Å². The fraction of sp³-hybridized carbons (Fsp3) is 0.417. The lowest BCUT2D eigenvalue weighted by Gasteiger charge is -2.09. The quantitative estimate of drug-likeness (QED) is 0.748. The van der Waals surface area contributed by atoms with Crippen LogP contribution < -0.4 is 10.0 Å². The maximum atomic E-state index is 12.0. The van der Waals surface area contributed by atoms with Crippen molar-refractivity contribution in [1.29, 1.82) is 0 Å². The molecule has 1 aromatic rings. The molecule has 20 heavy (non-hydrogen) atoms. The Balaban J connectivity index is 2.80. The molecule has 0 saturated carbocycles. The molecule has 0 saturated heterocycles. The largest absolute Gasteiger partial charge is 0.385 e. The molecule has 0 aliphatic carbocycles. The van der Waals surface area contributed by atoms with Crippen molar-refractivity contribution in [1.82, 2.24) is 4.72 Å². The van der Waals surface area contributed by atoms with Gasteiger partial charge in [0.1, 0.15) is 0 Å². The zero-order chi connectivity index (χ0) is 15.2. The van der Waals surface area contributed by atoms with E-state index in [4.69, 9.17) is 16.3 Å². The van der Waals surface area contributed by atoms with E-state index in [-0.39, 0.29) is 22.4 Å². The molecule has 1 aromatic carbocycles. The summed E-state index contributed by atoms with van der Waals surface area (Å²) >= 11 is 5.94. The van der Waals surface area contributed by atoms with Gasteiger partial charge in [0, 0.05) is 27.2 Å². The molecule has 0 unspecified atom stereocenters. The SMILES string of the molecule is COCCCNS(=O)(=O)c1ccc(NC(C)=O)c(Cl)c1. The van der Waals surface area contributed by atoms with Crippen LogP contribution in [-0.4, -0.2) is 34.6 Å². The van der Waals surface area contributed by atoms with Gasteiger partial charge in [-0.15, -0.1) is 0 Å². The van der Waals surface area contributed by atoms with Crippen LogP contribution in [0.5, 0.6) is 0 Å². The summed E-state index contributed by atoms with van der Waals surface area (Å²) in [5.74, 6) is -0.278. The highest BCUT2D eigenvalue weighted by Gasteiger charge is 2.15. The van der Waals surface area contributed by atoms with Crippen LogP contribution in [0.1, 0.15) is 13.3 Å². The first kappa shape index (κ1) is 16.9. The minimum Gasteiger partial charge on any atom is -0.385 e. The number of ether oxygens (including phenoxy) is 1. The van der Waals surface area contributed by atoms with Crippen LogP contribution in [0, 0.1) is 0 Å². The molecule has 0 fully saturated rings. The lowest BCUT2D eigenvalue weighted by Crippen LogP contribution is -2.25. The van der Waals surface area contributed by atoms with Crippen molar-refractivity contribution < 1.29 is 17.9 Å². The Bertz CT molecular complexity index is 575. The van der Waals surface area contributed by atoms with Gasteiger partial charge in [-0.05, 0) is 24.6 Å². The fourth-order valence-corrected chi connectivity index (χ4v) is 2.85. The molecule has 8 heteroatoms. The second-order valence-corrected chi connectivity index (χ2v) is 6.24. The summed E-state index contributed by atoms with van der Waals surface area (Å²) in [7, 11) is -2.06. The van der Waals surface area contributed by atoms with Crippen molar-refractivity contribution in [2.75, 3.05) is 25.6 Å². The van der Waals surface area contributed by atoms with E-state index in [1.807, 2.05) is 0 Å². The third kappa shape index (κ3) is 5.09. The number of nitrogens with one attached hydrogen (secondary N) is 2. The Morgan fingerprint density at radius 2 is 2.10 bits per heavy atom. The zero-order valence-electron chi connectivity index (χ0n) is 11.3. The molecule has 1 rings (SSSR count). The zero-order valence-corrected chi connectivity index (χ0v) is 12.8. The second-order valence-electron chi connectivity index (χ2n) is 4.07. The van der Waals surface area contributed by atoms with Crippen LogP contribution in [0.2, 0.25) is 5.02 Å². The Labute approximate surface area is 123 Å². The van der Waals surface area contributed by atoms with E-state index in [0.717, 1.165) is 0 Å². The average Bonchev–Trinajstić information content (AvgIpc) is 2.36. The van der Waals surface area contributed by atoms with Gasteiger partial charge in [-0.3, -0.25) is 4.79 Å². The van der Waals surface area contributed by atoms with Crippen LogP contribution in [-0.2, 0) is 19.6 Å². The topological polar surface area (TPSA) is 84.5 Å². The van der Waals surface area contributed by atoms with Gasteiger partial charge < -0.3 is 10.1 Å². The van der Waals surface area contributed by atoms with Gasteiger partial charge in [-0.25, -0.2) is 13.1 Å². The van der Waals surface area contributed by atoms with Crippen molar-refractivity contribution in [3.05, 3.63) is 23.2 Å². The highest BCUT2D eigenvalue weighted by atomic mass is 35.5. The van der Waals surface area contributed by atoms with Crippen molar-refractivity contribution in [2.24, 2.45) is 0 Å². The molecular weight excluding hydrogens is 304 g/mol. The van der Waals surface area contributed by atoms with Crippen LogP contribution in [0.25, 0.3) is 0 Å². The second kappa shape index (κ2) is 7.58. The molecule has 0 aromatic heterocycles. The molecule has 0 bridgehead atoms. The normalized spacial score (nSPS) is 11.3. The summed E-state index contributed by atoms with van der Waals surface area (Å²) in [6.45, 7) is 2.10. The highest BCUT2D eigenvalue weighted by molar-refractivity contribution is 7.89. The van der Waals surface area contributed by atoms with E-state index < -0.39 is 10.0 Å². The summed E-state index contributed by atoms with van der Waals surface area (Å²) < 4.78 is 31.2. The number of sulfonamides is 1. The number of methoxy groups -OCH3 is 1. The van der Waals surface area contributed by atoms with Crippen molar-refractivity contribution in [3.8, 4) is 0 Å². The Morgan fingerprint density at radius 3 is 2.65 bits per heavy atom. The fourth-order valence-electron chi connectivity index (χ4n) is 1.46. The maximum absolute atomic E-state index is 12.0. The van der Waals surface area contributed by atoms with Gasteiger partial charge in [0.25, 0.3) is 0 Å². The van der Waals surface area contributed by atoms with Crippen molar-refractivity contribution in [2.45, 2.75) is 18.2 Å². The maximum Gasteiger partial charge on any atom is 0.240 e. The van der Waals surface area contributed by atoms with E-state index in [1.165, 1.54) is 25.1 Å². The number of amides is 1. The van der Waals surface area contributed by atoms with E-state index >= 15 is 0 Å². The monoisotopic (exact) mass is 320 g/mol. The third-order valence-electron chi connectivity index (χ3n) is 2.38. The lowest BCUT2D eigenvalue weighted by atomic mass is 10.3. The number of halogens is 1. The van der Waals surface area contributed by atoms with E-state index in [9.17, 15) is 13.2 Å². The first-order chi connectivity index (χ1) is 9.36. The number of benzene rings is 1. The van der Waals surface area contributed by atoms with Gasteiger partial charge in [0.15, 0.2) is 0 Å². The van der Waals surface area contributed by atoms with Gasteiger partial charge >= 0.3 is 0 Å². The number of hydrogen-bond acceptors (Lipinski definition) is 4. The lowest BCUT2D eigenvalue weighted by molar-refractivity contribution is -0.114. The first-order valence-corrected chi connectivity index (χ1v) is 7.78. The summed E-state index contributed by atoms with van der Waals surface area (Å²) in [4.78, 5) is 11.0. The minimum atomic E-state index is -3.61. The minimum absolute atomic E-state index is 0.0500. The molecule has 0 heterocycles. The summed E-state index contributed by atoms with van der Waals surface area (Å²) in [6, 6.07) is 4.13. The Hall–Kier alpha value is -1.15. The van der Waals surface area contributed by atoms with E-state index in [1.54, 1.807) is 7.11 Å². The number of anilines is 1. The van der Waals surface area contributed by atoms with Gasteiger partial charge in [-0.2, -0.15) is 0 Å². The number of hydrogen-bond donors (Lipinski definition) is 2. The molecule has 0 aliphatic rings. The van der Waals surface area contributed by atoms with Crippen molar-refractivity contribution in [3.63, 3.8) is 0 Å². The molecular formula is C12H17ClN2O4S. The molecule has 6 nitrogen and oxygen atoms in total. The third-order valence-corrected chi connectivity index (χ3v) is 4.15. The van der Waals surface area contributed by atoms with Crippen LogP contribution in [0.4, 0.5) is 5.69 Å². The van der Waals surface area contributed by atoms with Gasteiger partial charge in [0.2, 0.25) is 15.9 Å². The van der Waals surface area contributed by atoms with Gasteiger partial charge in [-0.1, -0.05) is 11.6 Å². The Kier molecular flexibility index (Phi) is 6.41.